The van der Waals surface area contributed by atoms with Crippen molar-refractivity contribution in [3.63, 3.8) is 0 Å². The van der Waals surface area contributed by atoms with E-state index < -0.39 is 0 Å². The van der Waals surface area contributed by atoms with Gasteiger partial charge < -0.3 is 10.5 Å². The zero-order valence-corrected chi connectivity index (χ0v) is 12.0. The summed E-state index contributed by atoms with van der Waals surface area (Å²) in [6.07, 6.45) is 0. The van der Waals surface area contributed by atoms with E-state index >= 15 is 0 Å². The largest absolute Gasteiger partial charge is 0.453 e. The summed E-state index contributed by atoms with van der Waals surface area (Å²) >= 11 is 6.32. The molecular weight excluding hydrogens is 282 g/mol. The minimum Gasteiger partial charge on any atom is -0.453 e. The van der Waals surface area contributed by atoms with Gasteiger partial charge in [-0.25, -0.2) is 0 Å². The fourth-order valence-corrected chi connectivity index (χ4v) is 2.35. The molecule has 21 heavy (non-hydrogen) atoms. The summed E-state index contributed by atoms with van der Waals surface area (Å²) in [5, 5.41) is 0.555. The monoisotopic (exact) mass is 295 g/mol. The lowest BCUT2D eigenvalue weighted by Gasteiger charge is -2.14. The Labute approximate surface area is 128 Å². The molecule has 0 fully saturated rings. The first-order valence-corrected chi connectivity index (χ1v) is 7.00. The Morgan fingerprint density at radius 2 is 1.48 bits per heavy atom. The number of benzene rings is 3. The number of nitrogen functional groups attached to an aromatic ring is 1. The topological polar surface area (TPSA) is 35.2 Å². The number of hydrogen-bond acceptors (Lipinski definition) is 2. The number of halogens is 1. The summed E-state index contributed by atoms with van der Waals surface area (Å²) in [7, 11) is 0. The Kier molecular flexibility index (Phi) is 3.80. The molecule has 0 amide bonds. The van der Waals surface area contributed by atoms with Crippen LogP contribution < -0.4 is 10.5 Å². The van der Waals surface area contributed by atoms with Crippen LogP contribution in [0.2, 0.25) is 5.02 Å². The van der Waals surface area contributed by atoms with Crippen LogP contribution in [0.25, 0.3) is 11.1 Å². The molecule has 3 aromatic rings. The molecule has 0 heterocycles. The first kappa shape index (κ1) is 13.5. The predicted octanol–water partition coefficient (Wildman–Crippen LogP) is 5.38. The molecule has 0 aliphatic heterocycles. The summed E-state index contributed by atoms with van der Waals surface area (Å²) in [6.45, 7) is 0. The highest BCUT2D eigenvalue weighted by atomic mass is 35.5. The minimum atomic E-state index is 0.555. The molecule has 0 aliphatic carbocycles. The van der Waals surface area contributed by atoms with Crippen LogP contribution in [-0.4, -0.2) is 0 Å². The number of rotatable bonds is 3. The van der Waals surface area contributed by atoms with Gasteiger partial charge in [0, 0.05) is 5.56 Å². The molecule has 3 aromatic carbocycles. The number of anilines is 1. The maximum absolute atomic E-state index is 6.32. The molecule has 104 valence electrons. The molecular formula is C18H14ClNO. The molecule has 0 unspecified atom stereocenters. The van der Waals surface area contributed by atoms with Crippen molar-refractivity contribution >= 4 is 17.3 Å². The average molecular weight is 296 g/mol. The van der Waals surface area contributed by atoms with Gasteiger partial charge in [-0.2, -0.15) is 0 Å². The second kappa shape index (κ2) is 5.90. The highest BCUT2D eigenvalue weighted by Gasteiger charge is 2.12. The normalized spacial score (nSPS) is 10.3. The van der Waals surface area contributed by atoms with Crippen molar-refractivity contribution in [3.05, 3.63) is 77.8 Å². The van der Waals surface area contributed by atoms with Gasteiger partial charge in [0.25, 0.3) is 0 Å². The Hall–Kier alpha value is -2.45. The maximum Gasteiger partial charge on any atom is 0.153 e. The van der Waals surface area contributed by atoms with Crippen LogP contribution in [0, 0.1) is 0 Å². The summed E-state index contributed by atoms with van der Waals surface area (Å²) in [5.74, 6) is 1.21. The summed E-state index contributed by atoms with van der Waals surface area (Å²) in [4.78, 5) is 0. The van der Waals surface area contributed by atoms with Crippen molar-refractivity contribution < 1.29 is 4.74 Å². The Balaban J connectivity index is 2.08. The minimum absolute atomic E-state index is 0.555. The third-order valence-electron chi connectivity index (χ3n) is 3.18. The number of hydrogen-bond donors (Lipinski definition) is 1. The van der Waals surface area contributed by atoms with Gasteiger partial charge in [0.2, 0.25) is 0 Å². The summed E-state index contributed by atoms with van der Waals surface area (Å²) in [5.41, 5.74) is 8.50. The molecule has 0 aliphatic rings. The van der Waals surface area contributed by atoms with E-state index in [1.54, 1.807) is 6.07 Å². The summed E-state index contributed by atoms with van der Waals surface area (Å²) in [6, 6.07) is 23.1. The van der Waals surface area contributed by atoms with Crippen molar-refractivity contribution in [1.82, 2.24) is 0 Å². The number of nitrogens with two attached hydrogens (primary N) is 1. The van der Waals surface area contributed by atoms with Crippen LogP contribution in [0.1, 0.15) is 0 Å². The molecule has 0 bridgehead atoms. The maximum atomic E-state index is 6.32. The predicted molar refractivity (Wildman–Crippen MR) is 87.8 cm³/mol. The third kappa shape index (κ3) is 2.86. The number of ether oxygens (including phenoxy) is 1. The molecule has 2 N–H and O–H groups in total. The standard InChI is InChI=1S/C18H14ClNO/c19-15-10-6-9-14(13-7-2-1-3-8-13)18(15)21-17-12-5-4-11-16(17)20/h1-12H,20H2. The van der Waals surface area contributed by atoms with Crippen molar-refractivity contribution in [3.8, 4) is 22.6 Å². The van der Waals surface area contributed by atoms with E-state index in [1.807, 2.05) is 66.7 Å². The lowest BCUT2D eigenvalue weighted by atomic mass is 10.0. The quantitative estimate of drug-likeness (QED) is 0.658. The molecule has 0 saturated carbocycles. The van der Waals surface area contributed by atoms with Crippen LogP contribution in [0.4, 0.5) is 5.69 Å². The van der Waals surface area contributed by atoms with E-state index in [2.05, 4.69) is 0 Å². The lowest BCUT2D eigenvalue weighted by Crippen LogP contribution is -1.94. The molecule has 3 rings (SSSR count). The van der Waals surface area contributed by atoms with Crippen LogP contribution >= 0.6 is 11.6 Å². The fourth-order valence-electron chi connectivity index (χ4n) is 2.14. The average Bonchev–Trinajstić information content (AvgIpc) is 2.52. The fraction of sp³-hybridized carbons (Fsp3) is 0. The van der Waals surface area contributed by atoms with E-state index in [0.29, 0.717) is 22.2 Å². The highest BCUT2D eigenvalue weighted by Crippen LogP contribution is 2.40. The van der Waals surface area contributed by atoms with Gasteiger partial charge in [0.05, 0.1) is 10.7 Å². The molecule has 2 nitrogen and oxygen atoms in total. The van der Waals surface area contributed by atoms with Gasteiger partial charge in [0.1, 0.15) is 5.75 Å². The van der Waals surface area contributed by atoms with E-state index in [9.17, 15) is 0 Å². The van der Waals surface area contributed by atoms with Crippen molar-refractivity contribution in [1.29, 1.82) is 0 Å². The van der Waals surface area contributed by atoms with Crippen LogP contribution in [0.3, 0.4) is 0 Å². The zero-order valence-electron chi connectivity index (χ0n) is 11.3. The van der Waals surface area contributed by atoms with Gasteiger partial charge in [0.15, 0.2) is 5.75 Å². The summed E-state index contributed by atoms with van der Waals surface area (Å²) < 4.78 is 5.97. The van der Waals surface area contributed by atoms with Gasteiger partial charge in [-0.3, -0.25) is 0 Å². The van der Waals surface area contributed by atoms with Crippen LogP contribution in [-0.2, 0) is 0 Å². The van der Waals surface area contributed by atoms with Gasteiger partial charge >= 0.3 is 0 Å². The van der Waals surface area contributed by atoms with Gasteiger partial charge in [-0.05, 0) is 23.8 Å². The second-order valence-electron chi connectivity index (χ2n) is 4.62. The van der Waals surface area contributed by atoms with E-state index in [1.165, 1.54) is 0 Å². The SMILES string of the molecule is Nc1ccccc1Oc1c(Cl)cccc1-c1ccccc1. The van der Waals surface area contributed by atoms with Crippen molar-refractivity contribution in [2.45, 2.75) is 0 Å². The van der Waals surface area contributed by atoms with Gasteiger partial charge in [-0.1, -0.05) is 66.2 Å². The van der Waals surface area contributed by atoms with E-state index in [0.717, 1.165) is 11.1 Å². The molecule has 0 saturated heterocycles. The smallest absolute Gasteiger partial charge is 0.153 e. The van der Waals surface area contributed by atoms with E-state index in [4.69, 9.17) is 22.1 Å². The lowest BCUT2D eigenvalue weighted by molar-refractivity contribution is 0.487. The van der Waals surface area contributed by atoms with Crippen molar-refractivity contribution in [2.24, 2.45) is 0 Å². The molecule has 0 atom stereocenters. The number of para-hydroxylation sites is 3. The third-order valence-corrected chi connectivity index (χ3v) is 3.48. The Morgan fingerprint density at radius 3 is 2.24 bits per heavy atom. The molecule has 0 radical (unpaired) electrons. The molecule has 0 aromatic heterocycles. The van der Waals surface area contributed by atoms with Crippen LogP contribution in [0.15, 0.2) is 72.8 Å². The Morgan fingerprint density at radius 1 is 0.762 bits per heavy atom. The first-order valence-electron chi connectivity index (χ1n) is 6.62. The zero-order chi connectivity index (χ0) is 14.7. The second-order valence-corrected chi connectivity index (χ2v) is 5.03. The Bertz CT molecular complexity index is 756. The van der Waals surface area contributed by atoms with Crippen LogP contribution in [0.5, 0.6) is 11.5 Å². The van der Waals surface area contributed by atoms with E-state index in [-0.39, 0.29) is 0 Å². The first-order chi connectivity index (χ1) is 10.3. The highest BCUT2D eigenvalue weighted by molar-refractivity contribution is 6.32. The molecule has 0 spiro atoms. The van der Waals surface area contributed by atoms with Crippen molar-refractivity contribution in [2.75, 3.05) is 5.73 Å². The van der Waals surface area contributed by atoms with Gasteiger partial charge in [-0.15, -0.1) is 0 Å². The molecule has 3 heteroatoms.